The lowest BCUT2D eigenvalue weighted by molar-refractivity contribution is 0.0677. The maximum Gasteiger partial charge on any atom is 0.261 e. The van der Waals surface area contributed by atoms with Crippen LogP contribution in [0, 0.1) is 11.6 Å². The number of rotatable bonds is 7. The molecule has 4 rings (SSSR count). The number of nitrogens with zero attached hydrogens (tertiary/aromatic N) is 1. The highest BCUT2D eigenvalue weighted by Gasteiger charge is 2.38. The van der Waals surface area contributed by atoms with Crippen LogP contribution in [0.1, 0.15) is 31.8 Å². The Morgan fingerprint density at radius 2 is 1.06 bits per heavy atom. The van der Waals surface area contributed by atoms with Crippen molar-refractivity contribution in [2.45, 2.75) is 38.3 Å². The van der Waals surface area contributed by atoms with Gasteiger partial charge in [-0.25, -0.2) is 8.78 Å². The quantitative estimate of drug-likeness (QED) is 0.186. The van der Waals surface area contributed by atoms with Crippen LogP contribution in [0.5, 0.6) is 0 Å². The van der Waals surface area contributed by atoms with Crippen LogP contribution in [0.15, 0.2) is 72.8 Å². The number of carbonyl (C=O) groups is 2. The molecule has 0 N–H and O–H groups in total. The molecule has 2 amide bonds. The zero-order chi connectivity index (χ0) is 26.5. The lowest BCUT2D eigenvalue weighted by Crippen LogP contribution is -2.47. The van der Waals surface area contributed by atoms with E-state index in [4.69, 9.17) is 11.6 Å². The van der Waals surface area contributed by atoms with Crippen molar-refractivity contribution in [3.63, 3.8) is 0 Å². The first-order valence-electron chi connectivity index (χ1n) is 11.9. The van der Waals surface area contributed by atoms with E-state index in [2.05, 4.69) is 26.2 Å². The molecule has 3 nitrogen and oxygen atoms in total. The summed E-state index contributed by atoms with van der Waals surface area (Å²) in [7, 11) is -3.18. The average molecular weight is 544 g/mol. The SMILES string of the molecule is C[Si](C)(CCl)Cc1ccc(F)cc1.C[Si](C)(Cc1ccc(F)cc1)CN1C(=O)c2ccccc2C1=O. The molecule has 0 saturated heterocycles. The normalized spacial score (nSPS) is 13.4. The molecule has 0 aromatic heterocycles. The smallest absolute Gasteiger partial charge is 0.261 e. The highest BCUT2D eigenvalue weighted by atomic mass is 35.5. The molecule has 0 bridgehead atoms. The van der Waals surface area contributed by atoms with Crippen LogP contribution in [0.2, 0.25) is 26.2 Å². The number of carbonyl (C=O) groups excluding carboxylic acids is 2. The maximum atomic E-state index is 13.0. The van der Waals surface area contributed by atoms with E-state index in [1.807, 2.05) is 12.1 Å². The van der Waals surface area contributed by atoms with Crippen LogP contribution in [0.3, 0.4) is 0 Å². The van der Waals surface area contributed by atoms with E-state index in [1.54, 1.807) is 36.4 Å². The second-order valence-corrected chi connectivity index (χ2v) is 21.6. The molecule has 3 aromatic carbocycles. The summed E-state index contributed by atoms with van der Waals surface area (Å²) in [5, 5.41) is 0. The zero-order valence-electron chi connectivity index (χ0n) is 21.2. The molecular formula is C28H32ClF2NO2Si2. The summed E-state index contributed by atoms with van der Waals surface area (Å²) in [5.74, 6) is -0.835. The van der Waals surface area contributed by atoms with Gasteiger partial charge in [-0.1, -0.05) is 73.7 Å². The zero-order valence-corrected chi connectivity index (χ0v) is 23.9. The summed E-state index contributed by atoms with van der Waals surface area (Å²) in [6.45, 7) is 8.76. The lowest BCUT2D eigenvalue weighted by atomic mass is 10.1. The standard InChI is InChI=1S/C18H18FNO2Si.C10H14ClFSi/c1-23(2,11-13-7-9-14(19)10-8-13)12-20-17(21)15-5-3-4-6-16(15)18(20)22;1-13(2,8-11)7-9-3-5-10(12)6-4-9/h3-10H,11-12H2,1-2H3;3-6H,7-8H2,1-2H3. The molecule has 8 heteroatoms. The van der Waals surface area contributed by atoms with Crippen LogP contribution in [-0.4, -0.2) is 44.5 Å². The van der Waals surface area contributed by atoms with Crippen molar-refractivity contribution in [3.8, 4) is 0 Å². The van der Waals surface area contributed by atoms with Crippen LogP contribution in [0.4, 0.5) is 8.78 Å². The third kappa shape index (κ3) is 7.44. The highest BCUT2D eigenvalue weighted by Crippen LogP contribution is 2.25. The van der Waals surface area contributed by atoms with Gasteiger partial charge in [0.1, 0.15) is 11.6 Å². The van der Waals surface area contributed by atoms with Crippen LogP contribution in [-0.2, 0) is 12.1 Å². The van der Waals surface area contributed by atoms with Gasteiger partial charge in [0.25, 0.3) is 11.8 Å². The van der Waals surface area contributed by atoms with Crippen LogP contribution < -0.4 is 0 Å². The van der Waals surface area contributed by atoms with Gasteiger partial charge < -0.3 is 0 Å². The molecule has 0 fully saturated rings. The number of halogens is 3. The van der Waals surface area contributed by atoms with Crippen molar-refractivity contribution in [2.24, 2.45) is 0 Å². The van der Waals surface area contributed by atoms with Gasteiger partial charge in [-0.05, 0) is 48.5 Å². The summed E-state index contributed by atoms with van der Waals surface area (Å²) in [6, 6.07) is 21.9. The summed E-state index contributed by atoms with van der Waals surface area (Å²) in [5.41, 5.74) is 3.97. The predicted molar refractivity (Wildman–Crippen MR) is 148 cm³/mol. The second kappa shape index (κ2) is 11.6. The monoisotopic (exact) mass is 543 g/mol. The first kappa shape index (κ1) is 28.0. The Balaban J connectivity index is 0.000000236. The largest absolute Gasteiger partial charge is 0.277 e. The van der Waals surface area contributed by atoms with Gasteiger partial charge in [-0.2, -0.15) is 0 Å². The summed E-state index contributed by atoms with van der Waals surface area (Å²) in [6.07, 6.45) is 0.469. The highest BCUT2D eigenvalue weighted by molar-refractivity contribution is 6.82. The molecule has 3 aromatic rings. The van der Waals surface area contributed by atoms with Gasteiger partial charge in [-0.15, -0.1) is 11.6 Å². The molecule has 1 aliphatic rings. The van der Waals surface area contributed by atoms with E-state index in [0.717, 1.165) is 23.2 Å². The van der Waals surface area contributed by atoms with Gasteiger partial charge >= 0.3 is 0 Å². The second-order valence-electron chi connectivity index (χ2n) is 10.8. The van der Waals surface area contributed by atoms with E-state index in [0.29, 0.717) is 17.3 Å². The van der Waals surface area contributed by atoms with E-state index in [1.165, 1.54) is 34.7 Å². The number of hydrogen-bond acceptors (Lipinski definition) is 2. The molecule has 0 radical (unpaired) electrons. The molecule has 0 unspecified atom stereocenters. The summed E-state index contributed by atoms with van der Waals surface area (Å²) in [4.78, 5) is 26.3. The van der Waals surface area contributed by atoms with Gasteiger partial charge in [0.05, 0.1) is 27.3 Å². The van der Waals surface area contributed by atoms with Gasteiger partial charge in [0, 0.05) is 11.7 Å². The van der Waals surface area contributed by atoms with Crippen molar-refractivity contribution >= 4 is 39.6 Å². The first-order chi connectivity index (χ1) is 16.9. The maximum absolute atomic E-state index is 13.0. The molecule has 0 atom stereocenters. The van der Waals surface area contributed by atoms with Gasteiger partial charge in [-0.3, -0.25) is 14.5 Å². The summed E-state index contributed by atoms with van der Waals surface area (Å²) < 4.78 is 25.6. The minimum atomic E-state index is -1.89. The van der Waals surface area contributed by atoms with Crippen molar-refractivity contribution in [1.29, 1.82) is 0 Å². The van der Waals surface area contributed by atoms with Crippen LogP contribution in [0.25, 0.3) is 0 Å². The third-order valence-corrected chi connectivity index (χ3v) is 12.8. The van der Waals surface area contributed by atoms with Crippen molar-refractivity contribution in [3.05, 3.63) is 107 Å². The Kier molecular flexibility index (Phi) is 9.03. The Labute approximate surface area is 219 Å². The minimum absolute atomic E-state index is 0.172. The Morgan fingerprint density at radius 3 is 1.44 bits per heavy atom. The third-order valence-electron chi connectivity index (χ3n) is 6.02. The summed E-state index contributed by atoms with van der Waals surface area (Å²) >= 11 is 5.86. The van der Waals surface area contributed by atoms with Crippen molar-refractivity contribution in [2.75, 3.05) is 11.7 Å². The van der Waals surface area contributed by atoms with E-state index >= 15 is 0 Å². The van der Waals surface area contributed by atoms with E-state index in [-0.39, 0.29) is 23.4 Å². The molecule has 0 saturated carbocycles. The molecule has 1 heterocycles. The first-order valence-corrected chi connectivity index (χ1v) is 19.3. The number of fused-ring (bicyclic) bond motifs is 1. The topological polar surface area (TPSA) is 37.4 Å². The fourth-order valence-electron chi connectivity index (χ4n) is 4.22. The van der Waals surface area contributed by atoms with E-state index in [9.17, 15) is 18.4 Å². The Morgan fingerprint density at radius 1 is 0.667 bits per heavy atom. The van der Waals surface area contributed by atoms with Crippen molar-refractivity contribution < 1.29 is 18.4 Å². The average Bonchev–Trinajstić information content (AvgIpc) is 3.07. The Hall–Kier alpha value is -2.62. The van der Waals surface area contributed by atoms with Crippen LogP contribution >= 0.6 is 11.6 Å². The molecule has 1 aliphatic heterocycles. The number of benzene rings is 3. The number of alkyl halides is 1. The fraction of sp³-hybridized carbons (Fsp3) is 0.286. The predicted octanol–water partition coefficient (Wildman–Crippen LogP) is 6.85. The number of imide groups is 1. The fourth-order valence-corrected chi connectivity index (χ4v) is 8.54. The van der Waals surface area contributed by atoms with Gasteiger partial charge in [0.2, 0.25) is 0 Å². The molecule has 0 aliphatic carbocycles. The van der Waals surface area contributed by atoms with Gasteiger partial charge in [0.15, 0.2) is 0 Å². The minimum Gasteiger partial charge on any atom is -0.277 e. The molecule has 0 spiro atoms. The van der Waals surface area contributed by atoms with Crippen molar-refractivity contribution in [1.82, 2.24) is 4.90 Å². The Bertz CT molecular complexity index is 1180. The van der Waals surface area contributed by atoms with E-state index < -0.39 is 16.1 Å². The molecule has 36 heavy (non-hydrogen) atoms. The lowest BCUT2D eigenvalue weighted by Gasteiger charge is -2.27. The number of amides is 2. The molecular weight excluding hydrogens is 512 g/mol. The molecule has 190 valence electrons. The number of hydrogen-bond donors (Lipinski definition) is 0.